The van der Waals surface area contributed by atoms with Crippen LogP contribution in [-0.4, -0.2) is 10.9 Å². The lowest BCUT2D eigenvalue weighted by Crippen LogP contribution is -2.12. The van der Waals surface area contributed by atoms with E-state index in [-0.39, 0.29) is 5.91 Å². The van der Waals surface area contributed by atoms with Crippen molar-refractivity contribution in [3.63, 3.8) is 0 Å². The average molecular weight is 383 g/mol. The summed E-state index contributed by atoms with van der Waals surface area (Å²) in [4.78, 5) is 16.8. The van der Waals surface area contributed by atoms with Gasteiger partial charge in [0.2, 0.25) is 5.89 Å². The van der Waals surface area contributed by atoms with Gasteiger partial charge in [-0.15, -0.1) is 0 Å². The Morgan fingerprint density at radius 1 is 0.923 bits per heavy atom. The number of aromatic nitrogens is 1. The Hall–Kier alpha value is -2.82. The summed E-state index contributed by atoms with van der Waals surface area (Å²) in [5.74, 6) is 0.140. The van der Waals surface area contributed by atoms with Gasteiger partial charge in [0.15, 0.2) is 5.58 Å². The second-order valence-corrected chi connectivity index (χ2v) is 6.43. The molecule has 0 saturated carbocycles. The summed E-state index contributed by atoms with van der Waals surface area (Å²) < 4.78 is 5.81. The van der Waals surface area contributed by atoms with Crippen molar-refractivity contribution >= 4 is 45.9 Å². The van der Waals surface area contributed by atoms with Gasteiger partial charge in [0, 0.05) is 11.8 Å². The number of fused-ring (bicyclic) bond motifs is 1. The van der Waals surface area contributed by atoms with Gasteiger partial charge >= 0.3 is 0 Å². The Morgan fingerprint density at radius 2 is 1.65 bits per heavy atom. The molecule has 0 aliphatic rings. The van der Waals surface area contributed by atoms with Crippen molar-refractivity contribution in [1.82, 2.24) is 4.98 Å². The maximum absolute atomic E-state index is 12.4. The van der Waals surface area contributed by atoms with E-state index in [1.165, 1.54) is 0 Å². The zero-order valence-electron chi connectivity index (χ0n) is 13.4. The normalized spacial score (nSPS) is 10.8. The number of nitrogens with one attached hydrogen (secondary N) is 1. The molecular formula is C20H12Cl2N2O2. The van der Waals surface area contributed by atoms with E-state index in [2.05, 4.69) is 10.3 Å². The summed E-state index contributed by atoms with van der Waals surface area (Å²) in [5, 5.41) is 3.77. The molecule has 0 saturated heterocycles. The second-order valence-electron chi connectivity index (χ2n) is 5.62. The molecule has 0 fully saturated rings. The van der Waals surface area contributed by atoms with E-state index in [4.69, 9.17) is 27.6 Å². The minimum Gasteiger partial charge on any atom is -0.436 e. The van der Waals surface area contributed by atoms with E-state index in [1.807, 2.05) is 18.2 Å². The molecule has 1 heterocycles. The number of benzene rings is 3. The van der Waals surface area contributed by atoms with E-state index in [1.54, 1.807) is 48.5 Å². The first kappa shape index (κ1) is 16.6. The minimum atomic E-state index is -0.291. The molecule has 26 heavy (non-hydrogen) atoms. The Balaban J connectivity index is 1.65. The molecule has 4 aromatic rings. The number of hydrogen-bond acceptors (Lipinski definition) is 3. The summed E-state index contributed by atoms with van der Waals surface area (Å²) >= 11 is 12.3. The molecule has 0 unspecified atom stereocenters. The van der Waals surface area contributed by atoms with Gasteiger partial charge in [-0.05, 0) is 36.4 Å². The number of oxazole rings is 1. The number of carbonyl (C=O) groups excluding carboxylic acids is 1. The highest BCUT2D eigenvalue weighted by atomic mass is 35.5. The molecule has 128 valence electrons. The molecular weight excluding hydrogens is 371 g/mol. The van der Waals surface area contributed by atoms with Gasteiger partial charge in [-0.3, -0.25) is 4.79 Å². The predicted molar refractivity (Wildman–Crippen MR) is 104 cm³/mol. The maximum atomic E-state index is 12.4. The summed E-state index contributed by atoms with van der Waals surface area (Å²) in [5.41, 5.74) is 2.94. The average Bonchev–Trinajstić information content (AvgIpc) is 3.05. The van der Waals surface area contributed by atoms with Crippen LogP contribution in [0.15, 0.2) is 71.1 Å². The fourth-order valence-corrected chi connectivity index (χ4v) is 3.03. The largest absolute Gasteiger partial charge is 0.436 e. The van der Waals surface area contributed by atoms with Crippen LogP contribution in [0.3, 0.4) is 0 Å². The van der Waals surface area contributed by atoms with E-state index in [0.717, 1.165) is 0 Å². The zero-order chi connectivity index (χ0) is 18.1. The van der Waals surface area contributed by atoms with Gasteiger partial charge in [-0.1, -0.05) is 47.5 Å². The van der Waals surface area contributed by atoms with Crippen molar-refractivity contribution in [2.75, 3.05) is 5.32 Å². The van der Waals surface area contributed by atoms with Crippen molar-refractivity contribution in [2.45, 2.75) is 0 Å². The smallest absolute Gasteiger partial charge is 0.257 e. The van der Waals surface area contributed by atoms with E-state index >= 15 is 0 Å². The van der Waals surface area contributed by atoms with Crippen LogP contribution >= 0.6 is 23.2 Å². The summed E-state index contributed by atoms with van der Waals surface area (Å²) in [6, 6.07) is 19.5. The van der Waals surface area contributed by atoms with Gasteiger partial charge in [-0.25, -0.2) is 4.98 Å². The maximum Gasteiger partial charge on any atom is 0.257 e. The summed E-state index contributed by atoms with van der Waals surface area (Å²) in [6.45, 7) is 0. The van der Waals surface area contributed by atoms with Crippen molar-refractivity contribution in [3.8, 4) is 11.5 Å². The minimum absolute atomic E-state index is 0.291. The fourth-order valence-electron chi connectivity index (χ4n) is 2.60. The van der Waals surface area contributed by atoms with Gasteiger partial charge < -0.3 is 9.73 Å². The molecule has 0 spiro atoms. The number of halogens is 2. The zero-order valence-corrected chi connectivity index (χ0v) is 14.9. The fraction of sp³-hybridized carbons (Fsp3) is 0. The molecule has 0 bridgehead atoms. The Morgan fingerprint density at radius 3 is 2.42 bits per heavy atom. The van der Waals surface area contributed by atoms with Gasteiger partial charge in [-0.2, -0.15) is 0 Å². The molecule has 4 rings (SSSR count). The lowest BCUT2D eigenvalue weighted by atomic mass is 10.2. The van der Waals surface area contributed by atoms with Crippen LogP contribution in [0.5, 0.6) is 0 Å². The number of rotatable bonds is 3. The topological polar surface area (TPSA) is 55.1 Å². The SMILES string of the molecule is O=C(Nc1ccc2nc(-c3ccccc3Cl)oc2c1)c1ccccc1Cl. The number of amides is 1. The molecule has 4 nitrogen and oxygen atoms in total. The highest BCUT2D eigenvalue weighted by Gasteiger charge is 2.13. The number of anilines is 1. The third-order valence-electron chi connectivity index (χ3n) is 3.87. The lowest BCUT2D eigenvalue weighted by Gasteiger charge is -2.06. The van der Waals surface area contributed by atoms with E-state index in [0.29, 0.717) is 43.9 Å². The Bertz CT molecular complexity index is 1120. The monoisotopic (exact) mass is 382 g/mol. The van der Waals surface area contributed by atoms with Crippen LogP contribution in [0.1, 0.15) is 10.4 Å². The molecule has 0 atom stereocenters. The highest BCUT2D eigenvalue weighted by Crippen LogP contribution is 2.31. The Kier molecular flexibility index (Phi) is 4.37. The van der Waals surface area contributed by atoms with Crippen molar-refractivity contribution < 1.29 is 9.21 Å². The molecule has 3 aromatic carbocycles. The van der Waals surface area contributed by atoms with Crippen LogP contribution in [0.25, 0.3) is 22.6 Å². The highest BCUT2D eigenvalue weighted by molar-refractivity contribution is 6.34. The molecule has 1 N–H and O–H groups in total. The standard InChI is InChI=1S/C20H12Cl2N2O2/c21-15-7-3-1-5-13(15)19(25)23-12-9-10-17-18(11-12)26-20(24-17)14-6-2-4-8-16(14)22/h1-11H,(H,23,25). The second kappa shape index (κ2) is 6.83. The van der Waals surface area contributed by atoms with Crippen molar-refractivity contribution in [3.05, 3.63) is 82.3 Å². The van der Waals surface area contributed by atoms with E-state index in [9.17, 15) is 4.79 Å². The predicted octanol–water partition coefficient (Wildman–Crippen LogP) is 6.05. The lowest BCUT2D eigenvalue weighted by molar-refractivity contribution is 0.102. The molecule has 0 radical (unpaired) electrons. The molecule has 0 aliphatic carbocycles. The van der Waals surface area contributed by atoms with Crippen LogP contribution < -0.4 is 5.32 Å². The number of nitrogens with zero attached hydrogens (tertiary/aromatic N) is 1. The first-order valence-corrected chi connectivity index (χ1v) is 8.59. The summed E-state index contributed by atoms with van der Waals surface area (Å²) in [6.07, 6.45) is 0. The molecule has 1 amide bonds. The molecule has 1 aromatic heterocycles. The van der Waals surface area contributed by atoms with E-state index < -0.39 is 0 Å². The molecule has 6 heteroatoms. The van der Waals surface area contributed by atoms with Gasteiger partial charge in [0.1, 0.15) is 5.52 Å². The third kappa shape index (κ3) is 3.17. The number of hydrogen-bond donors (Lipinski definition) is 1. The summed E-state index contributed by atoms with van der Waals surface area (Å²) in [7, 11) is 0. The van der Waals surface area contributed by atoms with Crippen LogP contribution in [-0.2, 0) is 0 Å². The molecule has 0 aliphatic heterocycles. The van der Waals surface area contributed by atoms with Gasteiger partial charge in [0.25, 0.3) is 5.91 Å². The van der Waals surface area contributed by atoms with Crippen LogP contribution in [0, 0.1) is 0 Å². The van der Waals surface area contributed by atoms with Crippen molar-refractivity contribution in [1.29, 1.82) is 0 Å². The Labute approximate surface area is 159 Å². The first-order chi connectivity index (χ1) is 12.6. The third-order valence-corrected chi connectivity index (χ3v) is 4.53. The quantitative estimate of drug-likeness (QED) is 0.468. The first-order valence-electron chi connectivity index (χ1n) is 7.83. The van der Waals surface area contributed by atoms with Gasteiger partial charge in [0.05, 0.1) is 21.2 Å². The van der Waals surface area contributed by atoms with Crippen LogP contribution in [0.2, 0.25) is 10.0 Å². The number of carbonyl (C=O) groups is 1. The van der Waals surface area contributed by atoms with Crippen LogP contribution in [0.4, 0.5) is 5.69 Å². The van der Waals surface area contributed by atoms with Crippen molar-refractivity contribution in [2.24, 2.45) is 0 Å².